The van der Waals surface area contributed by atoms with Crippen LogP contribution in [0.15, 0.2) is 45.9 Å². The van der Waals surface area contributed by atoms with Crippen molar-refractivity contribution < 1.29 is 22.5 Å². The van der Waals surface area contributed by atoms with E-state index in [0.717, 1.165) is 6.07 Å². The highest BCUT2D eigenvalue weighted by Gasteiger charge is 2.31. The Morgan fingerprint density at radius 3 is 2.58 bits per heavy atom. The van der Waals surface area contributed by atoms with Crippen molar-refractivity contribution in [3.8, 4) is 17.3 Å². The molecule has 14 heteroatoms. The molecular formula is C19H22N6O6S2. The minimum atomic E-state index is -3.89. The Bertz CT molecular complexity index is 1320. The summed E-state index contributed by atoms with van der Waals surface area (Å²) in [6, 6.07) is 7.21. The van der Waals surface area contributed by atoms with Crippen LogP contribution in [0.3, 0.4) is 0 Å². The quantitative estimate of drug-likeness (QED) is 0.275. The predicted molar refractivity (Wildman–Crippen MR) is 120 cm³/mol. The van der Waals surface area contributed by atoms with Crippen LogP contribution in [-0.2, 0) is 23.7 Å². The third kappa shape index (κ3) is 4.42. The molecule has 1 aromatic carbocycles. The smallest absolute Gasteiger partial charge is 0.312 e. The maximum Gasteiger partial charge on any atom is 0.312 e. The van der Waals surface area contributed by atoms with Crippen LogP contribution >= 0.6 is 12.2 Å². The Balaban J connectivity index is 1.46. The van der Waals surface area contributed by atoms with Gasteiger partial charge in [-0.3, -0.25) is 15.0 Å². The summed E-state index contributed by atoms with van der Waals surface area (Å²) in [5.74, 6) is 1.21. The van der Waals surface area contributed by atoms with Crippen molar-refractivity contribution in [3.05, 3.63) is 51.5 Å². The molecule has 1 saturated heterocycles. The van der Waals surface area contributed by atoms with Crippen molar-refractivity contribution in [3.63, 3.8) is 0 Å². The van der Waals surface area contributed by atoms with Crippen LogP contribution in [0.2, 0.25) is 0 Å². The molecule has 4 rings (SSSR count). The van der Waals surface area contributed by atoms with Crippen LogP contribution in [0.25, 0.3) is 11.6 Å². The SMILES string of the molecule is COc1ccc(S(=O)(=O)N2CCN(Cn3nc(-c4ccco4)n(C)c3=S)CC2)cc1[N+](=O)[O-]. The Hall–Kier alpha value is -3.07. The van der Waals surface area contributed by atoms with E-state index in [1.807, 2.05) is 11.9 Å². The lowest BCUT2D eigenvalue weighted by Crippen LogP contribution is -2.48. The Labute approximate surface area is 194 Å². The maximum absolute atomic E-state index is 13.1. The fourth-order valence-corrected chi connectivity index (χ4v) is 5.25. The first-order valence-electron chi connectivity index (χ1n) is 9.95. The summed E-state index contributed by atoms with van der Waals surface area (Å²) in [4.78, 5) is 12.5. The molecule has 0 unspecified atom stereocenters. The van der Waals surface area contributed by atoms with E-state index < -0.39 is 20.6 Å². The van der Waals surface area contributed by atoms with Crippen LogP contribution in [-0.4, -0.2) is 70.2 Å². The number of benzene rings is 1. The zero-order chi connectivity index (χ0) is 23.8. The van der Waals surface area contributed by atoms with Crippen LogP contribution in [0, 0.1) is 14.9 Å². The van der Waals surface area contributed by atoms with Crippen molar-refractivity contribution in [1.29, 1.82) is 0 Å². The molecule has 0 aliphatic carbocycles. The first-order chi connectivity index (χ1) is 15.7. The van der Waals surface area contributed by atoms with E-state index in [2.05, 4.69) is 5.10 Å². The van der Waals surface area contributed by atoms with Crippen LogP contribution < -0.4 is 4.74 Å². The van der Waals surface area contributed by atoms with Crippen molar-refractivity contribution >= 4 is 27.9 Å². The number of hydrogen-bond acceptors (Lipinski definition) is 9. The summed E-state index contributed by atoms with van der Waals surface area (Å²) in [6.45, 7) is 1.76. The zero-order valence-electron chi connectivity index (χ0n) is 17.9. The summed E-state index contributed by atoms with van der Waals surface area (Å²) in [5, 5.41) is 15.8. The highest BCUT2D eigenvalue weighted by atomic mass is 32.2. The van der Waals surface area contributed by atoms with E-state index in [0.29, 0.717) is 36.1 Å². The largest absolute Gasteiger partial charge is 0.490 e. The van der Waals surface area contributed by atoms with Crippen molar-refractivity contribution in [2.24, 2.45) is 7.05 Å². The normalized spacial score (nSPS) is 15.6. The number of methoxy groups -OCH3 is 1. The summed E-state index contributed by atoms with van der Waals surface area (Å²) in [7, 11) is -0.792. The van der Waals surface area contributed by atoms with Gasteiger partial charge in [-0.05, 0) is 36.5 Å². The molecule has 12 nitrogen and oxygen atoms in total. The van der Waals surface area contributed by atoms with Gasteiger partial charge in [-0.15, -0.1) is 5.10 Å². The molecule has 1 fully saturated rings. The molecule has 3 heterocycles. The lowest BCUT2D eigenvalue weighted by molar-refractivity contribution is -0.386. The third-order valence-corrected chi connectivity index (χ3v) is 7.81. The van der Waals surface area contributed by atoms with Gasteiger partial charge in [0, 0.05) is 39.3 Å². The van der Waals surface area contributed by atoms with Crippen LogP contribution in [0.1, 0.15) is 0 Å². The van der Waals surface area contributed by atoms with E-state index in [4.69, 9.17) is 21.4 Å². The molecule has 1 aliphatic heterocycles. The van der Waals surface area contributed by atoms with Crippen LogP contribution in [0.4, 0.5) is 5.69 Å². The Morgan fingerprint density at radius 2 is 1.97 bits per heavy atom. The molecule has 0 radical (unpaired) electrons. The summed E-state index contributed by atoms with van der Waals surface area (Å²) >= 11 is 5.48. The molecule has 0 atom stereocenters. The molecule has 0 spiro atoms. The first-order valence-corrected chi connectivity index (χ1v) is 11.8. The van der Waals surface area contributed by atoms with Gasteiger partial charge in [0.2, 0.25) is 10.0 Å². The minimum absolute atomic E-state index is 0.00444. The second-order valence-electron chi connectivity index (χ2n) is 7.40. The average Bonchev–Trinajstić information content (AvgIpc) is 3.43. The van der Waals surface area contributed by atoms with Crippen molar-refractivity contribution in [1.82, 2.24) is 23.6 Å². The van der Waals surface area contributed by atoms with E-state index in [1.165, 1.54) is 23.5 Å². The number of nitrogens with zero attached hydrogens (tertiary/aromatic N) is 6. The third-order valence-electron chi connectivity index (χ3n) is 5.43. The van der Waals surface area contributed by atoms with E-state index in [-0.39, 0.29) is 23.7 Å². The molecule has 3 aromatic rings. The summed E-state index contributed by atoms with van der Waals surface area (Å²) in [6.07, 6.45) is 1.56. The van der Waals surface area contributed by atoms with Gasteiger partial charge in [0.15, 0.2) is 22.1 Å². The fraction of sp³-hybridized carbons (Fsp3) is 0.368. The van der Waals surface area contributed by atoms with E-state index in [1.54, 1.807) is 27.6 Å². The fourth-order valence-electron chi connectivity index (χ4n) is 3.62. The van der Waals surface area contributed by atoms with E-state index in [9.17, 15) is 18.5 Å². The number of aromatic nitrogens is 3. The standard InChI is InChI=1S/C19H22N6O6S2/c1-21-18(17-4-3-11-31-17)20-24(19(21)32)13-22-7-9-23(10-8-22)33(28,29)14-5-6-16(30-2)15(12-14)25(26)27/h3-6,11-12H,7-10,13H2,1-2H3. The first kappa shape index (κ1) is 23.1. The second-order valence-corrected chi connectivity index (χ2v) is 9.70. The van der Waals surface area contributed by atoms with Gasteiger partial charge in [-0.25, -0.2) is 13.1 Å². The predicted octanol–water partition coefficient (Wildman–Crippen LogP) is 2.09. The summed E-state index contributed by atoms with van der Waals surface area (Å²) < 4.78 is 41.7. The number of rotatable bonds is 7. The molecule has 33 heavy (non-hydrogen) atoms. The zero-order valence-corrected chi connectivity index (χ0v) is 19.6. The lowest BCUT2D eigenvalue weighted by Gasteiger charge is -2.33. The summed E-state index contributed by atoms with van der Waals surface area (Å²) in [5.41, 5.74) is -0.394. The number of ether oxygens (including phenoxy) is 1. The molecule has 2 aromatic heterocycles. The Morgan fingerprint density at radius 1 is 1.24 bits per heavy atom. The van der Waals surface area contributed by atoms with Gasteiger partial charge in [-0.1, -0.05) is 0 Å². The Kier molecular flexibility index (Phi) is 6.34. The van der Waals surface area contributed by atoms with Gasteiger partial charge in [0.25, 0.3) is 0 Å². The number of furan rings is 1. The molecule has 0 amide bonds. The van der Waals surface area contributed by atoms with Crippen LogP contribution in [0.5, 0.6) is 5.75 Å². The number of nitro groups is 1. The molecule has 176 valence electrons. The van der Waals surface area contributed by atoms with Gasteiger partial charge in [0.05, 0.1) is 29.9 Å². The van der Waals surface area contributed by atoms with Gasteiger partial charge >= 0.3 is 5.69 Å². The van der Waals surface area contributed by atoms with Gasteiger partial charge in [-0.2, -0.15) is 4.31 Å². The molecular weight excluding hydrogens is 472 g/mol. The molecule has 1 aliphatic rings. The topological polar surface area (TPSA) is 129 Å². The van der Waals surface area contributed by atoms with E-state index >= 15 is 0 Å². The number of sulfonamides is 1. The molecule has 0 bridgehead atoms. The van der Waals surface area contributed by atoms with Gasteiger partial charge < -0.3 is 13.7 Å². The average molecular weight is 495 g/mol. The highest BCUT2D eigenvalue weighted by Crippen LogP contribution is 2.30. The number of piperazine rings is 1. The maximum atomic E-state index is 13.1. The lowest BCUT2D eigenvalue weighted by atomic mass is 10.3. The van der Waals surface area contributed by atoms with Crippen molar-refractivity contribution in [2.45, 2.75) is 11.6 Å². The number of nitro benzene ring substituents is 1. The van der Waals surface area contributed by atoms with Gasteiger partial charge in [0.1, 0.15) is 0 Å². The highest BCUT2D eigenvalue weighted by molar-refractivity contribution is 7.89. The number of hydrogen-bond donors (Lipinski definition) is 0. The molecule has 0 saturated carbocycles. The monoisotopic (exact) mass is 494 g/mol. The minimum Gasteiger partial charge on any atom is -0.490 e. The molecule has 0 N–H and O–H groups in total. The van der Waals surface area contributed by atoms with Crippen molar-refractivity contribution in [2.75, 3.05) is 33.3 Å². The second kappa shape index (κ2) is 9.05.